The second kappa shape index (κ2) is 8.42. The van der Waals surface area contributed by atoms with Gasteiger partial charge in [0.2, 0.25) is 5.78 Å². The fourth-order valence-electron chi connectivity index (χ4n) is 4.09. The molecule has 0 saturated carbocycles. The van der Waals surface area contributed by atoms with Crippen molar-refractivity contribution >= 4 is 50.0 Å². The van der Waals surface area contributed by atoms with Gasteiger partial charge in [-0.05, 0) is 54.3 Å². The number of carbonyl (C=O) groups excluding carboxylic acids is 2. The molecule has 0 aliphatic carbocycles. The van der Waals surface area contributed by atoms with E-state index in [1.54, 1.807) is 37.3 Å². The van der Waals surface area contributed by atoms with Crippen LogP contribution < -0.4 is 4.90 Å². The molecular formula is C26H21ClN2O4S. The summed E-state index contributed by atoms with van der Waals surface area (Å²) in [5.74, 6) is -0.882. The molecule has 1 aliphatic rings. The maximum atomic E-state index is 13.4. The molecule has 2 aromatic carbocycles. The Morgan fingerprint density at radius 1 is 1.15 bits per heavy atom. The van der Waals surface area contributed by atoms with Crippen molar-refractivity contribution in [3.8, 4) is 0 Å². The lowest BCUT2D eigenvalue weighted by Gasteiger charge is -2.24. The number of furan rings is 1. The molecule has 172 valence electrons. The van der Waals surface area contributed by atoms with E-state index >= 15 is 0 Å². The smallest absolute Gasteiger partial charge is 0.296 e. The Morgan fingerprint density at radius 3 is 2.53 bits per heavy atom. The maximum Gasteiger partial charge on any atom is 0.296 e. The number of rotatable bonds is 5. The van der Waals surface area contributed by atoms with Gasteiger partial charge in [-0.3, -0.25) is 14.5 Å². The minimum absolute atomic E-state index is 0.0334. The van der Waals surface area contributed by atoms with Crippen molar-refractivity contribution < 1.29 is 19.1 Å². The van der Waals surface area contributed by atoms with E-state index in [9.17, 15) is 14.7 Å². The first kappa shape index (κ1) is 22.4. The lowest BCUT2D eigenvalue weighted by Crippen LogP contribution is -2.31. The van der Waals surface area contributed by atoms with Crippen molar-refractivity contribution in [2.24, 2.45) is 0 Å². The zero-order valence-corrected chi connectivity index (χ0v) is 20.3. The number of halogens is 1. The van der Waals surface area contributed by atoms with Crippen LogP contribution in [-0.4, -0.2) is 21.8 Å². The highest BCUT2D eigenvalue weighted by Gasteiger charge is 2.46. The number of ketones is 1. The number of aryl methyl sites for hydroxylation is 1. The summed E-state index contributed by atoms with van der Waals surface area (Å²) in [6.07, 6.45) is 0. The van der Waals surface area contributed by atoms with E-state index in [0.717, 1.165) is 10.3 Å². The van der Waals surface area contributed by atoms with Crippen molar-refractivity contribution in [1.29, 1.82) is 0 Å². The van der Waals surface area contributed by atoms with E-state index in [1.807, 2.05) is 24.3 Å². The summed E-state index contributed by atoms with van der Waals surface area (Å²) in [5, 5.41) is 11.8. The predicted molar refractivity (Wildman–Crippen MR) is 133 cm³/mol. The first-order chi connectivity index (χ1) is 16.2. The summed E-state index contributed by atoms with van der Waals surface area (Å²) >= 11 is 7.41. The van der Waals surface area contributed by atoms with Crippen molar-refractivity contribution in [2.75, 3.05) is 4.90 Å². The van der Waals surface area contributed by atoms with Gasteiger partial charge in [0.25, 0.3) is 5.91 Å². The molecule has 6 nitrogen and oxygen atoms in total. The monoisotopic (exact) mass is 492 g/mol. The van der Waals surface area contributed by atoms with E-state index in [4.69, 9.17) is 16.0 Å². The number of benzene rings is 2. The molecule has 34 heavy (non-hydrogen) atoms. The fourth-order valence-corrected chi connectivity index (χ4v) is 5.36. The second-order valence-corrected chi connectivity index (χ2v) is 9.95. The zero-order valence-electron chi connectivity index (χ0n) is 18.7. The number of nitrogens with zero attached hydrogens (tertiary/aromatic N) is 2. The summed E-state index contributed by atoms with van der Waals surface area (Å²) in [6.45, 7) is 5.91. The highest BCUT2D eigenvalue weighted by molar-refractivity contribution is 7.22. The largest absolute Gasteiger partial charge is 0.503 e. The highest BCUT2D eigenvalue weighted by atomic mass is 35.5. The number of Topliss-reactive ketones (excluding diaryl/α,β-unsaturated/α-hetero) is 1. The normalized spacial score (nSPS) is 16.3. The number of fused-ring (bicyclic) bond motifs is 1. The predicted octanol–water partition coefficient (Wildman–Crippen LogP) is 6.76. The van der Waals surface area contributed by atoms with E-state index < -0.39 is 23.5 Å². The molecule has 8 heteroatoms. The van der Waals surface area contributed by atoms with Crippen molar-refractivity contribution in [2.45, 2.75) is 32.7 Å². The van der Waals surface area contributed by atoms with Gasteiger partial charge >= 0.3 is 0 Å². The number of amides is 1. The van der Waals surface area contributed by atoms with Gasteiger partial charge in [0.05, 0.1) is 21.8 Å². The molecule has 1 N–H and O–H groups in total. The Kier molecular flexibility index (Phi) is 5.54. The highest BCUT2D eigenvalue weighted by Crippen LogP contribution is 2.44. The average Bonchev–Trinajstić information content (AvgIpc) is 3.49. The molecule has 1 atom stereocenters. The second-order valence-electron chi connectivity index (χ2n) is 8.51. The Balaban J connectivity index is 1.67. The van der Waals surface area contributed by atoms with Gasteiger partial charge in [-0.25, -0.2) is 4.98 Å². The molecule has 5 rings (SSSR count). The third kappa shape index (κ3) is 3.71. The maximum absolute atomic E-state index is 13.4. The van der Waals surface area contributed by atoms with Crippen LogP contribution in [0.2, 0.25) is 5.02 Å². The molecule has 2 aromatic heterocycles. The molecule has 0 radical (unpaired) electrons. The quantitative estimate of drug-likeness (QED) is 0.311. The number of aromatic nitrogens is 1. The summed E-state index contributed by atoms with van der Waals surface area (Å²) in [6, 6.07) is 15.3. The van der Waals surface area contributed by atoms with Gasteiger partial charge in [0, 0.05) is 5.02 Å². The third-order valence-corrected chi connectivity index (χ3v) is 7.13. The van der Waals surface area contributed by atoms with Gasteiger partial charge in [-0.15, -0.1) is 0 Å². The van der Waals surface area contributed by atoms with Crippen LogP contribution in [0.4, 0.5) is 5.13 Å². The Labute approximate surface area is 205 Å². The number of hydrogen-bond donors (Lipinski definition) is 1. The molecule has 4 aromatic rings. The van der Waals surface area contributed by atoms with Crippen molar-refractivity contribution in [3.05, 3.63) is 93.6 Å². The van der Waals surface area contributed by atoms with Crippen LogP contribution in [0.25, 0.3) is 10.2 Å². The molecule has 0 spiro atoms. The number of carbonyl (C=O) groups is 2. The van der Waals surface area contributed by atoms with E-state index in [1.165, 1.54) is 16.2 Å². The molecule has 1 aliphatic heterocycles. The number of hydrogen-bond acceptors (Lipinski definition) is 6. The molecular weight excluding hydrogens is 472 g/mol. The van der Waals surface area contributed by atoms with Crippen molar-refractivity contribution in [1.82, 2.24) is 4.98 Å². The van der Waals surface area contributed by atoms with Gasteiger partial charge in [-0.1, -0.05) is 61.1 Å². The first-order valence-corrected chi connectivity index (χ1v) is 12.0. The Morgan fingerprint density at radius 2 is 1.88 bits per heavy atom. The summed E-state index contributed by atoms with van der Waals surface area (Å²) in [7, 11) is 0. The van der Waals surface area contributed by atoms with Gasteiger partial charge in [0.15, 0.2) is 16.7 Å². The van der Waals surface area contributed by atoms with Gasteiger partial charge in [0.1, 0.15) is 5.76 Å². The topological polar surface area (TPSA) is 83.6 Å². The Hall–Kier alpha value is -3.42. The summed E-state index contributed by atoms with van der Waals surface area (Å²) < 4.78 is 6.32. The molecule has 0 fully saturated rings. The van der Waals surface area contributed by atoms with Crippen LogP contribution in [0.5, 0.6) is 0 Å². The van der Waals surface area contributed by atoms with Crippen LogP contribution >= 0.6 is 22.9 Å². The van der Waals surface area contributed by atoms with Gasteiger partial charge in [-0.2, -0.15) is 0 Å². The zero-order chi connectivity index (χ0) is 24.1. The van der Waals surface area contributed by atoms with Crippen LogP contribution in [0.15, 0.2) is 70.3 Å². The lowest BCUT2D eigenvalue weighted by atomic mass is 9.93. The van der Waals surface area contributed by atoms with Gasteiger partial charge < -0.3 is 9.52 Å². The summed E-state index contributed by atoms with van der Waals surface area (Å²) in [4.78, 5) is 32.8. The summed E-state index contributed by atoms with van der Waals surface area (Å²) in [5.41, 5.74) is 2.45. The third-order valence-electron chi connectivity index (χ3n) is 5.88. The standard InChI is InChI=1S/C26H21ClN2O4S/c1-13(2)15-5-7-16(8-6-15)22-21(23(30)19-11-4-14(3)33-19)24(31)25(32)29(22)26-28-18-10-9-17(27)12-20(18)34-26/h4-13,22,31H,1-3H3. The van der Waals surface area contributed by atoms with Crippen LogP contribution in [0, 0.1) is 6.92 Å². The average molecular weight is 493 g/mol. The Bertz CT molecular complexity index is 1470. The molecule has 0 saturated heterocycles. The van der Waals surface area contributed by atoms with Crippen LogP contribution in [-0.2, 0) is 4.79 Å². The number of aliphatic hydroxyl groups is 1. The fraction of sp³-hybridized carbons (Fsp3) is 0.192. The molecule has 0 bridgehead atoms. The van der Waals surface area contributed by atoms with Crippen LogP contribution in [0.3, 0.4) is 0 Å². The van der Waals surface area contributed by atoms with Crippen LogP contribution in [0.1, 0.15) is 53.2 Å². The number of thiazole rings is 1. The molecule has 1 amide bonds. The SMILES string of the molecule is Cc1ccc(C(=O)C2=C(O)C(=O)N(c3nc4ccc(Cl)cc4s3)C2c2ccc(C(C)C)cc2)o1. The lowest BCUT2D eigenvalue weighted by molar-refractivity contribution is -0.117. The van der Waals surface area contributed by atoms with E-state index in [2.05, 4.69) is 18.8 Å². The van der Waals surface area contributed by atoms with Crippen molar-refractivity contribution in [3.63, 3.8) is 0 Å². The van der Waals surface area contributed by atoms with E-state index in [0.29, 0.717) is 32.9 Å². The minimum Gasteiger partial charge on any atom is -0.503 e. The number of aliphatic hydroxyl groups excluding tert-OH is 1. The van der Waals surface area contributed by atoms with E-state index in [-0.39, 0.29) is 11.3 Å². The minimum atomic E-state index is -0.859. The number of anilines is 1. The molecule has 1 unspecified atom stereocenters. The first-order valence-electron chi connectivity index (χ1n) is 10.8. The molecule has 3 heterocycles.